The molecule has 126 valence electrons. The first-order valence-corrected chi connectivity index (χ1v) is 8.05. The standard InChI is InChI=1S/C17H23N3O2.ClH/c1-13-12-18-9-11-19(13)17(22)8-10-20-15-5-3-2-4-14(15)6-7-16(20)21;/h2-5,13,18H,6-12H2,1H3;1H. The zero-order chi connectivity index (χ0) is 15.5. The second kappa shape index (κ2) is 7.79. The zero-order valence-corrected chi connectivity index (χ0v) is 14.3. The number of nitrogens with zero attached hydrogens (tertiary/aromatic N) is 2. The molecule has 1 saturated heterocycles. The molecular formula is C17H24ClN3O2. The van der Waals surface area contributed by atoms with Gasteiger partial charge < -0.3 is 15.1 Å². The number of benzene rings is 1. The van der Waals surface area contributed by atoms with Gasteiger partial charge >= 0.3 is 0 Å². The van der Waals surface area contributed by atoms with E-state index in [1.165, 1.54) is 5.56 Å². The summed E-state index contributed by atoms with van der Waals surface area (Å²) in [7, 11) is 0. The van der Waals surface area contributed by atoms with Crippen molar-refractivity contribution in [3.63, 3.8) is 0 Å². The van der Waals surface area contributed by atoms with Crippen molar-refractivity contribution in [3.05, 3.63) is 29.8 Å². The van der Waals surface area contributed by atoms with Gasteiger partial charge in [-0.2, -0.15) is 0 Å². The number of piperazine rings is 1. The first-order valence-electron chi connectivity index (χ1n) is 8.05. The summed E-state index contributed by atoms with van der Waals surface area (Å²) in [4.78, 5) is 28.3. The fourth-order valence-electron chi connectivity index (χ4n) is 3.30. The first kappa shape index (κ1) is 17.8. The summed E-state index contributed by atoms with van der Waals surface area (Å²) in [6, 6.07) is 8.22. The molecule has 2 aliphatic rings. The molecule has 0 aliphatic carbocycles. The van der Waals surface area contributed by atoms with Gasteiger partial charge in [0.15, 0.2) is 0 Å². The number of amides is 2. The van der Waals surface area contributed by atoms with Gasteiger partial charge in [0.05, 0.1) is 0 Å². The van der Waals surface area contributed by atoms with E-state index in [9.17, 15) is 9.59 Å². The Balaban J connectivity index is 0.00000192. The molecule has 2 aliphatic heterocycles. The van der Waals surface area contributed by atoms with Crippen LogP contribution in [-0.4, -0.2) is 48.9 Å². The Morgan fingerprint density at radius 1 is 1.30 bits per heavy atom. The summed E-state index contributed by atoms with van der Waals surface area (Å²) in [6.07, 6.45) is 1.73. The van der Waals surface area contributed by atoms with E-state index in [0.29, 0.717) is 19.4 Å². The van der Waals surface area contributed by atoms with Crippen LogP contribution < -0.4 is 10.2 Å². The van der Waals surface area contributed by atoms with Crippen LogP contribution in [-0.2, 0) is 16.0 Å². The normalized spacial score (nSPS) is 20.7. The maximum Gasteiger partial charge on any atom is 0.227 e. The Hall–Kier alpha value is -1.59. The third-order valence-corrected chi connectivity index (χ3v) is 4.56. The van der Waals surface area contributed by atoms with Gasteiger partial charge in [-0.15, -0.1) is 12.4 Å². The van der Waals surface area contributed by atoms with E-state index in [-0.39, 0.29) is 30.3 Å². The van der Waals surface area contributed by atoms with Crippen molar-refractivity contribution in [1.29, 1.82) is 0 Å². The molecular weight excluding hydrogens is 314 g/mol. The maximum atomic E-state index is 12.4. The lowest BCUT2D eigenvalue weighted by Gasteiger charge is -2.35. The van der Waals surface area contributed by atoms with E-state index in [1.807, 2.05) is 23.1 Å². The van der Waals surface area contributed by atoms with E-state index in [1.54, 1.807) is 4.90 Å². The highest BCUT2D eigenvalue weighted by molar-refractivity contribution is 5.97. The third-order valence-electron chi connectivity index (χ3n) is 4.56. The molecule has 0 saturated carbocycles. The Morgan fingerprint density at radius 3 is 2.87 bits per heavy atom. The molecule has 3 rings (SSSR count). The number of aryl methyl sites for hydroxylation is 1. The summed E-state index contributed by atoms with van der Waals surface area (Å²) in [5.41, 5.74) is 2.17. The molecule has 2 amide bonds. The Labute approximate surface area is 143 Å². The number of halogens is 1. The summed E-state index contributed by atoms with van der Waals surface area (Å²) in [5, 5.41) is 3.29. The number of hydrogen-bond acceptors (Lipinski definition) is 3. The minimum Gasteiger partial charge on any atom is -0.337 e. The van der Waals surface area contributed by atoms with Crippen molar-refractivity contribution in [1.82, 2.24) is 10.2 Å². The minimum atomic E-state index is 0. The molecule has 23 heavy (non-hydrogen) atoms. The van der Waals surface area contributed by atoms with Crippen molar-refractivity contribution >= 4 is 29.9 Å². The van der Waals surface area contributed by atoms with Gasteiger partial charge in [0.25, 0.3) is 0 Å². The summed E-state index contributed by atoms with van der Waals surface area (Å²) in [5.74, 6) is 0.268. The van der Waals surface area contributed by atoms with Gasteiger partial charge in [0, 0.05) is 50.7 Å². The number of rotatable bonds is 3. The van der Waals surface area contributed by atoms with Crippen molar-refractivity contribution in [2.24, 2.45) is 0 Å². The number of fused-ring (bicyclic) bond motifs is 1. The van der Waals surface area contributed by atoms with Crippen molar-refractivity contribution < 1.29 is 9.59 Å². The van der Waals surface area contributed by atoms with Crippen LogP contribution in [0.25, 0.3) is 0 Å². The highest BCUT2D eigenvalue weighted by Gasteiger charge is 2.27. The van der Waals surface area contributed by atoms with E-state index in [4.69, 9.17) is 0 Å². The smallest absolute Gasteiger partial charge is 0.227 e. The molecule has 6 heteroatoms. The Bertz CT molecular complexity index is 579. The number of hydrogen-bond donors (Lipinski definition) is 1. The molecule has 0 aromatic heterocycles. The van der Waals surface area contributed by atoms with Crippen molar-refractivity contribution in [2.45, 2.75) is 32.2 Å². The molecule has 1 atom stereocenters. The lowest BCUT2D eigenvalue weighted by Crippen LogP contribution is -2.52. The van der Waals surface area contributed by atoms with E-state index < -0.39 is 0 Å². The molecule has 2 heterocycles. The van der Waals surface area contributed by atoms with Gasteiger partial charge in [0.2, 0.25) is 11.8 Å². The largest absolute Gasteiger partial charge is 0.337 e. The number of nitrogens with one attached hydrogen (secondary N) is 1. The molecule has 1 unspecified atom stereocenters. The molecule has 5 nitrogen and oxygen atoms in total. The van der Waals surface area contributed by atoms with Gasteiger partial charge in [-0.05, 0) is 25.0 Å². The average Bonchev–Trinajstić information content (AvgIpc) is 2.54. The van der Waals surface area contributed by atoms with Crippen LogP contribution in [0.1, 0.15) is 25.3 Å². The van der Waals surface area contributed by atoms with E-state index in [0.717, 1.165) is 31.7 Å². The van der Waals surface area contributed by atoms with Crippen LogP contribution in [0.4, 0.5) is 5.69 Å². The van der Waals surface area contributed by atoms with Gasteiger partial charge in [-0.3, -0.25) is 9.59 Å². The van der Waals surface area contributed by atoms with Gasteiger partial charge in [-0.1, -0.05) is 18.2 Å². The monoisotopic (exact) mass is 337 g/mol. The third kappa shape index (κ3) is 3.85. The second-order valence-corrected chi connectivity index (χ2v) is 6.06. The van der Waals surface area contributed by atoms with Crippen LogP contribution in [0.5, 0.6) is 0 Å². The van der Waals surface area contributed by atoms with Crippen LogP contribution in [0.15, 0.2) is 24.3 Å². The summed E-state index contributed by atoms with van der Waals surface area (Å²) in [6.45, 7) is 4.99. The van der Waals surface area contributed by atoms with Crippen LogP contribution in [0, 0.1) is 0 Å². The lowest BCUT2D eigenvalue weighted by molar-refractivity contribution is -0.133. The molecule has 1 N–H and O–H groups in total. The number of anilines is 1. The number of para-hydroxylation sites is 1. The quantitative estimate of drug-likeness (QED) is 0.911. The van der Waals surface area contributed by atoms with Crippen LogP contribution >= 0.6 is 12.4 Å². The predicted molar refractivity (Wildman–Crippen MR) is 93.0 cm³/mol. The highest BCUT2D eigenvalue weighted by atomic mass is 35.5. The Morgan fingerprint density at radius 2 is 2.09 bits per heavy atom. The second-order valence-electron chi connectivity index (χ2n) is 6.06. The van der Waals surface area contributed by atoms with Gasteiger partial charge in [-0.25, -0.2) is 0 Å². The van der Waals surface area contributed by atoms with Crippen molar-refractivity contribution in [2.75, 3.05) is 31.1 Å². The van der Waals surface area contributed by atoms with Gasteiger partial charge in [0.1, 0.15) is 0 Å². The first-order chi connectivity index (χ1) is 10.7. The predicted octanol–water partition coefficient (Wildman–Crippen LogP) is 1.60. The van der Waals surface area contributed by atoms with Crippen LogP contribution in [0.2, 0.25) is 0 Å². The lowest BCUT2D eigenvalue weighted by atomic mass is 10.0. The zero-order valence-electron chi connectivity index (χ0n) is 13.5. The topological polar surface area (TPSA) is 52.7 Å². The highest BCUT2D eigenvalue weighted by Crippen LogP contribution is 2.27. The van der Waals surface area contributed by atoms with E-state index >= 15 is 0 Å². The van der Waals surface area contributed by atoms with Crippen LogP contribution in [0.3, 0.4) is 0 Å². The Kier molecular flexibility index (Phi) is 6.02. The number of carbonyl (C=O) groups is 2. The molecule has 1 fully saturated rings. The average molecular weight is 338 g/mol. The summed E-state index contributed by atoms with van der Waals surface area (Å²) >= 11 is 0. The number of carbonyl (C=O) groups excluding carboxylic acids is 2. The maximum absolute atomic E-state index is 12.4. The summed E-state index contributed by atoms with van der Waals surface area (Å²) < 4.78 is 0. The fraction of sp³-hybridized carbons (Fsp3) is 0.529. The fourth-order valence-corrected chi connectivity index (χ4v) is 3.30. The van der Waals surface area contributed by atoms with Crippen molar-refractivity contribution in [3.8, 4) is 0 Å². The molecule has 1 aromatic rings. The molecule has 1 aromatic carbocycles. The molecule has 0 bridgehead atoms. The molecule has 0 radical (unpaired) electrons. The SMILES string of the molecule is CC1CNCCN1C(=O)CCN1C(=O)CCc2ccccc21.Cl. The molecule has 0 spiro atoms. The minimum absolute atomic E-state index is 0. The van der Waals surface area contributed by atoms with E-state index in [2.05, 4.69) is 18.3 Å².